The minimum atomic E-state index is -3.56. The maximum atomic E-state index is 12.9. The Hall–Kier alpha value is -2.97. The average molecular weight is 439 g/mol. The summed E-state index contributed by atoms with van der Waals surface area (Å²) in [6.45, 7) is 1.51. The Morgan fingerprint density at radius 2 is 1.77 bits per heavy atom. The number of carbonyl (C=O) groups is 1. The molecule has 8 heteroatoms. The van der Waals surface area contributed by atoms with E-state index in [1.165, 1.54) is 10.4 Å². The van der Waals surface area contributed by atoms with Gasteiger partial charge in [-0.25, -0.2) is 13.1 Å². The zero-order chi connectivity index (χ0) is 21.7. The number of benzene rings is 2. The van der Waals surface area contributed by atoms with Crippen molar-refractivity contribution in [3.05, 3.63) is 78.1 Å². The van der Waals surface area contributed by atoms with Crippen LogP contribution in [0.1, 0.15) is 35.2 Å². The molecule has 31 heavy (non-hydrogen) atoms. The van der Waals surface area contributed by atoms with Crippen LogP contribution in [-0.2, 0) is 16.4 Å². The van der Waals surface area contributed by atoms with Gasteiger partial charge in [0.25, 0.3) is 5.91 Å². The number of sulfonamides is 1. The molecule has 0 radical (unpaired) electrons. The third kappa shape index (κ3) is 5.03. The molecule has 1 aromatic heterocycles. The van der Waals surface area contributed by atoms with Crippen molar-refractivity contribution in [2.24, 2.45) is 0 Å². The Kier molecular flexibility index (Phi) is 6.48. The van der Waals surface area contributed by atoms with E-state index < -0.39 is 10.0 Å². The Morgan fingerprint density at radius 3 is 2.55 bits per heavy atom. The highest BCUT2D eigenvalue weighted by Gasteiger charge is 2.26. The van der Waals surface area contributed by atoms with Gasteiger partial charge in [-0.3, -0.25) is 4.79 Å². The van der Waals surface area contributed by atoms with Crippen LogP contribution in [0.15, 0.2) is 71.9 Å². The molecule has 1 amide bonds. The van der Waals surface area contributed by atoms with Gasteiger partial charge >= 0.3 is 0 Å². The van der Waals surface area contributed by atoms with Crippen molar-refractivity contribution < 1.29 is 13.2 Å². The zero-order valence-electron chi connectivity index (χ0n) is 17.3. The number of para-hydroxylation sites is 1. The quantitative estimate of drug-likeness (QED) is 0.615. The van der Waals surface area contributed by atoms with Crippen LogP contribution in [0.3, 0.4) is 0 Å². The van der Waals surface area contributed by atoms with Crippen molar-refractivity contribution in [1.29, 1.82) is 0 Å². The molecule has 1 fully saturated rings. The standard InChI is InChI=1S/C23H26N4O3S/c28-23(24-13-12-19-17-25-27(18-19)21-9-3-1-4-10-21)20-8-7-11-22(16-20)31(29,30)26-14-5-2-6-15-26/h1,3-4,7-11,16-18H,2,5-6,12-15H2,(H,24,28). The first kappa shape index (κ1) is 21.3. The predicted molar refractivity (Wildman–Crippen MR) is 119 cm³/mol. The summed E-state index contributed by atoms with van der Waals surface area (Å²) in [5.74, 6) is -0.286. The first-order valence-corrected chi connectivity index (χ1v) is 12.0. The minimum absolute atomic E-state index is 0.172. The number of hydrogen-bond donors (Lipinski definition) is 1. The molecule has 162 valence electrons. The van der Waals surface area contributed by atoms with Gasteiger partial charge in [-0.1, -0.05) is 30.7 Å². The molecule has 4 rings (SSSR count). The van der Waals surface area contributed by atoms with Crippen LogP contribution in [0.25, 0.3) is 5.69 Å². The van der Waals surface area contributed by atoms with Crippen LogP contribution in [0, 0.1) is 0 Å². The van der Waals surface area contributed by atoms with Gasteiger partial charge in [0, 0.05) is 31.4 Å². The molecule has 0 spiro atoms. The van der Waals surface area contributed by atoms with E-state index in [1.807, 2.05) is 36.5 Å². The second-order valence-electron chi connectivity index (χ2n) is 7.63. The van der Waals surface area contributed by atoms with Gasteiger partial charge in [-0.2, -0.15) is 9.40 Å². The molecule has 1 N–H and O–H groups in total. The highest BCUT2D eigenvalue weighted by molar-refractivity contribution is 7.89. The molecular weight excluding hydrogens is 412 g/mol. The first-order chi connectivity index (χ1) is 15.0. The van der Waals surface area contributed by atoms with Crippen molar-refractivity contribution in [2.75, 3.05) is 19.6 Å². The lowest BCUT2D eigenvalue weighted by molar-refractivity contribution is 0.0954. The van der Waals surface area contributed by atoms with E-state index in [1.54, 1.807) is 29.1 Å². The predicted octanol–water partition coefficient (Wildman–Crippen LogP) is 3.02. The summed E-state index contributed by atoms with van der Waals surface area (Å²) in [5.41, 5.74) is 2.33. The van der Waals surface area contributed by atoms with Gasteiger partial charge in [0.15, 0.2) is 0 Å². The van der Waals surface area contributed by atoms with Gasteiger partial charge in [0.1, 0.15) is 0 Å². The smallest absolute Gasteiger partial charge is 0.251 e. The topological polar surface area (TPSA) is 84.3 Å². The number of rotatable bonds is 7. The van der Waals surface area contributed by atoms with Crippen LogP contribution >= 0.6 is 0 Å². The van der Waals surface area contributed by atoms with Gasteiger partial charge in [0.2, 0.25) is 10.0 Å². The SMILES string of the molecule is O=C(NCCc1cnn(-c2ccccc2)c1)c1cccc(S(=O)(=O)N2CCCCC2)c1. The van der Waals surface area contributed by atoms with Gasteiger partial charge < -0.3 is 5.32 Å². The van der Waals surface area contributed by atoms with Crippen LogP contribution < -0.4 is 5.32 Å². The fraction of sp³-hybridized carbons (Fsp3) is 0.304. The first-order valence-electron chi connectivity index (χ1n) is 10.5. The molecule has 0 unspecified atom stereocenters. The Morgan fingerprint density at radius 1 is 1.00 bits per heavy atom. The number of hydrogen-bond acceptors (Lipinski definition) is 4. The fourth-order valence-electron chi connectivity index (χ4n) is 3.69. The van der Waals surface area contributed by atoms with E-state index in [2.05, 4.69) is 10.4 Å². The lowest BCUT2D eigenvalue weighted by Crippen LogP contribution is -2.35. The van der Waals surface area contributed by atoms with E-state index in [0.29, 0.717) is 31.6 Å². The number of piperidine rings is 1. The van der Waals surface area contributed by atoms with E-state index >= 15 is 0 Å². The average Bonchev–Trinajstić information content (AvgIpc) is 3.29. The van der Waals surface area contributed by atoms with Crippen LogP contribution in [0.5, 0.6) is 0 Å². The van der Waals surface area contributed by atoms with Crippen molar-refractivity contribution in [3.63, 3.8) is 0 Å². The number of nitrogens with one attached hydrogen (secondary N) is 1. The maximum absolute atomic E-state index is 12.9. The van der Waals surface area contributed by atoms with E-state index in [0.717, 1.165) is 30.5 Å². The monoisotopic (exact) mass is 438 g/mol. The summed E-state index contributed by atoms with van der Waals surface area (Å²) in [4.78, 5) is 12.7. The third-order valence-corrected chi connectivity index (χ3v) is 7.30. The Bertz CT molecular complexity index is 1140. The molecule has 0 aliphatic carbocycles. The van der Waals surface area contributed by atoms with E-state index in [9.17, 15) is 13.2 Å². The molecule has 1 aliphatic heterocycles. The fourth-order valence-corrected chi connectivity index (χ4v) is 5.25. The second kappa shape index (κ2) is 9.45. The Balaban J connectivity index is 1.36. The number of aromatic nitrogens is 2. The molecule has 7 nitrogen and oxygen atoms in total. The van der Waals surface area contributed by atoms with Gasteiger partial charge in [-0.15, -0.1) is 0 Å². The molecule has 3 aromatic rings. The van der Waals surface area contributed by atoms with Crippen molar-refractivity contribution >= 4 is 15.9 Å². The van der Waals surface area contributed by atoms with Crippen LogP contribution in [0.2, 0.25) is 0 Å². The summed E-state index contributed by atoms with van der Waals surface area (Å²) in [6, 6.07) is 16.1. The molecule has 1 aliphatic rings. The largest absolute Gasteiger partial charge is 0.352 e. The highest BCUT2D eigenvalue weighted by Crippen LogP contribution is 2.21. The molecule has 0 bridgehead atoms. The summed E-state index contributed by atoms with van der Waals surface area (Å²) in [5, 5.41) is 7.23. The van der Waals surface area contributed by atoms with Crippen LogP contribution in [0.4, 0.5) is 0 Å². The Labute approximate surface area is 182 Å². The normalized spacial score (nSPS) is 15.0. The van der Waals surface area contributed by atoms with Crippen molar-refractivity contribution in [3.8, 4) is 5.69 Å². The molecule has 0 atom stereocenters. The number of nitrogens with zero attached hydrogens (tertiary/aromatic N) is 3. The van der Waals surface area contributed by atoms with Crippen molar-refractivity contribution in [1.82, 2.24) is 19.4 Å². The van der Waals surface area contributed by atoms with E-state index in [4.69, 9.17) is 0 Å². The van der Waals surface area contributed by atoms with Gasteiger partial charge in [-0.05, 0) is 55.2 Å². The molecule has 2 heterocycles. The zero-order valence-corrected chi connectivity index (χ0v) is 18.1. The minimum Gasteiger partial charge on any atom is -0.352 e. The molecule has 2 aromatic carbocycles. The summed E-state index contributed by atoms with van der Waals surface area (Å²) in [6.07, 6.45) is 7.15. The lowest BCUT2D eigenvalue weighted by atomic mass is 10.2. The highest BCUT2D eigenvalue weighted by atomic mass is 32.2. The third-order valence-electron chi connectivity index (χ3n) is 5.41. The molecule has 0 saturated carbocycles. The maximum Gasteiger partial charge on any atom is 0.251 e. The van der Waals surface area contributed by atoms with E-state index in [-0.39, 0.29) is 10.8 Å². The summed E-state index contributed by atoms with van der Waals surface area (Å²) < 4.78 is 29.0. The molecular formula is C23H26N4O3S. The lowest BCUT2D eigenvalue weighted by Gasteiger charge is -2.26. The van der Waals surface area contributed by atoms with Gasteiger partial charge in [0.05, 0.1) is 16.8 Å². The van der Waals surface area contributed by atoms with Crippen molar-refractivity contribution in [2.45, 2.75) is 30.6 Å². The number of carbonyl (C=O) groups excluding carboxylic acids is 1. The van der Waals surface area contributed by atoms with Crippen LogP contribution in [-0.4, -0.2) is 48.0 Å². The summed E-state index contributed by atoms with van der Waals surface area (Å²) in [7, 11) is -3.56. The second-order valence-corrected chi connectivity index (χ2v) is 9.57. The number of amides is 1. The summed E-state index contributed by atoms with van der Waals surface area (Å²) >= 11 is 0. The molecule has 1 saturated heterocycles.